The van der Waals surface area contributed by atoms with Crippen molar-refractivity contribution in [2.45, 2.75) is 13.8 Å². The number of rotatable bonds is 5. The number of aryl methyl sites for hydroxylation is 1. The van der Waals surface area contributed by atoms with E-state index in [9.17, 15) is 9.59 Å². The zero-order chi connectivity index (χ0) is 22.0. The molecule has 1 aliphatic heterocycles. The van der Waals surface area contributed by atoms with Crippen LogP contribution in [0.4, 0.5) is 5.69 Å². The fourth-order valence-electron chi connectivity index (χ4n) is 3.81. The van der Waals surface area contributed by atoms with E-state index in [2.05, 4.69) is 10.00 Å². The van der Waals surface area contributed by atoms with E-state index in [1.807, 2.05) is 66.4 Å². The van der Waals surface area contributed by atoms with Crippen LogP contribution in [0.15, 0.2) is 54.6 Å². The van der Waals surface area contributed by atoms with Gasteiger partial charge in [0, 0.05) is 37.4 Å². The summed E-state index contributed by atoms with van der Waals surface area (Å²) in [5.41, 5.74) is 3.95. The van der Waals surface area contributed by atoms with Crippen LogP contribution in [0.3, 0.4) is 0 Å². The molecule has 31 heavy (non-hydrogen) atoms. The maximum atomic E-state index is 13.3. The highest BCUT2D eigenvalue weighted by Gasteiger charge is 2.25. The van der Waals surface area contributed by atoms with Crippen molar-refractivity contribution in [2.24, 2.45) is 0 Å². The summed E-state index contributed by atoms with van der Waals surface area (Å²) in [5, 5.41) is 4.53. The number of ether oxygens (including phenoxy) is 1. The normalized spacial score (nSPS) is 13.9. The first-order valence-corrected chi connectivity index (χ1v) is 10.3. The highest BCUT2D eigenvalue weighted by atomic mass is 16.5. The zero-order valence-electron chi connectivity index (χ0n) is 18.0. The van der Waals surface area contributed by atoms with Gasteiger partial charge in [-0.1, -0.05) is 0 Å². The number of piperazine rings is 1. The number of Topliss-reactive ketones (excluding diaryl/α,β-unsaturated/α-hetero) is 1. The second-order valence-corrected chi connectivity index (χ2v) is 7.66. The fourth-order valence-corrected chi connectivity index (χ4v) is 3.81. The monoisotopic (exact) mass is 418 g/mol. The van der Waals surface area contributed by atoms with Gasteiger partial charge in [-0.15, -0.1) is 0 Å². The van der Waals surface area contributed by atoms with Crippen LogP contribution in [0.25, 0.3) is 5.69 Å². The van der Waals surface area contributed by atoms with Crippen LogP contribution < -0.4 is 9.64 Å². The molecule has 3 aromatic rings. The van der Waals surface area contributed by atoms with Gasteiger partial charge in [0.25, 0.3) is 5.91 Å². The molecule has 1 aliphatic rings. The van der Waals surface area contributed by atoms with E-state index in [0.29, 0.717) is 24.3 Å². The molecule has 160 valence electrons. The smallest absolute Gasteiger partial charge is 0.272 e. The molecule has 1 fully saturated rings. The van der Waals surface area contributed by atoms with Crippen LogP contribution in [-0.4, -0.2) is 59.7 Å². The molecule has 7 heteroatoms. The van der Waals surface area contributed by atoms with Crippen LogP contribution in [0, 0.1) is 6.92 Å². The Morgan fingerprint density at radius 1 is 0.903 bits per heavy atom. The van der Waals surface area contributed by atoms with Gasteiger partial charge in [-0.2, -0.15) is 5.10 Å². The predicted molar refractivity (Wildman–Crippen MR) is 119 cm³/mol. The maximum absolute atomic E-state index is 13.3. The fraction of sp³-hybridized carbons (Fsp3) is 0.292. The third kappa shape index (κ3) is 4.30. The molecule has 1 aromatic heterocycles. The Balaban J connectivity index is 1.47. The van der Waals surface area contributed by atoms with E-state index in [-0.39, 0.29) is 11.7 Å². The van der Waals surface area contributed by atoms with Gasteiger partial charge in [-0.25, -0.2) is 4.68 Å². The van der Waals surface area contributed by atoms with Gasteiger partial charge >= 0.3 is 0 Å². The number of benzene rings is 2. The lowest BCUT2D eigenvalue weighted by Gasteiger charge is -2.36. The first-order chi connectivity index (χ1) is 15.0. The molecule has 0 N–H and O–H groups in total. The molecule has 2 heterocycles. The highest BCUT2D eigenvalue weighted by Crippen LogP contribution is 2.21. The summed E-state index contributed by atoms with van der Waals surface area (Å²) in [6.45, 7) is 6.18. The van der Waals surface area contributed by atoms with Crippen LogP contribution in [0.1, 0.15) is 33.5 Å². The van der Waals surface area contributed by atoms with Crippen LogP contribution in [-0.2, 0) is 0 Å². The van der Waals surface area contributed by atoms with Crippen LogP contribution in [0.5, 0.6) is 5.75 Å². The number of methoxy groups -OCH3 is 1. The summed E-state index contributed by atoms with van der Waals surface area (Å²) < 4.78 is 6.92. The van der Waals surface area contributed by atoms with Crippen molar-refractivity contribution < 1.29 is 14.3 Å². The molecule has 0 aliphatic carbocycles. The van der Waals surface area contributed by atoms with E-state index in [1.54, 1.807) is 18.7 Å². The van der Waals surface area contributed by atoms with Crippen molar-refractivity contribution in [1.29, 1.82) is 0 Å². The number of nitrogens with zero attached hydrogens (tertiary/aromatic N) is 4. The van der Waals surface area contributed by atoms with Crippen molar-refractivity contribution >= 4 is 17.4 Å². The molecular formula is C24H26N4O3. The van der Waals surface area contributed by atoms with Crippen molar-refractivity contribution in [3.05, 3.63) is 71.5 Å². The molecule has 4 rings (SSSR count). The van der Waals surface area contributed by atoms with Crippen LogP contribution >= 0.6 is 0 Å². The van der Waals surface area contributed by atoms with Gasteiger partial charge in [0.05, 0.1) is 18.5 Å². The number of aromatic nitrogens is 2. The lowest BCUT2D eigenvalue weighted by molar-refractivity contribution is 0.0737. The number of amides is 1. The van der Waals surface area contributed by atoms with E-state index in [4.69, 9.17) is 4.74 Å². The Morgan fingerprint density at radius 3 is 2.10 bits per heavy atom. The second-order valence-electron chi connectivity index (χ2n) is 7.66. The third-order valence-electron chi connectivity index (χ3n) is 5.57. The minimum atomic E-state index is -0.0250. The summed E-state index contributed by atoms with van der Waals surface area (Å²) in [6, 6.07) is 17.0. The van der Waals surface area contributed by atoms with Gasteiger partial charge in [-0.05, 0) is 68.4 Å². The SMILES string of the molecule is COc1ccc(-n2nc(C)cc2C(=O)N2CCN(c3ccc(C(C)=O)cc3)CC2)cc1. The molecule has 0 atom stereocenters. The molecule has 0 bridgehead atoms. The average molecular weight is 418 g/mol. The van der Waals surface area contributed by atoms with E-state index < -0.39 is 0 Å². The standard InChI is InChI=1S/C24H26N4O3/c1-17-16-23(28(25-17)21-8-10-22(31-3)11-9-21)24(30)27-14-12-26(13-15-27)20-6-4-19(5-7-20)18(2)29/h4-11,16H,12-15H2,1-3H3. The Labute approximate surface area is 181 Å². The molecular weight excluding hydrogens is 392 g/mol. The lowest BCUT2D eigenvalue weighted by Crippen LogP contribution is -2.49. The number of hydrogen-bond acceptors (Lipinski definition) is 5. The number of ketones is 1. The van der Waals surface area contributed by atoms with Gasteiger partial charge in [-0.3, -0.25) is 9.59 Å². The largest absolute Gasteiger partial charge is 0.497 e. The zero-order valence-corrected chi connectivity index (χ0v) is 18.0. The van der Waals surface area contributed by atoms with E-state index >= 15 is 0 Å². The quantitative estimate of drug-likeness (QED) is 0.595. The maximum Gasteiger partial charge on any atom is 0.272 e. The van der Waals surface area contributed by atoms with Crippen molar-refractivity contribution in [2.75, 3.05) is 38.2 Å². The number of hydrogen-bond donors (Lipinski definition) is 0. The molecule has 7 nitrogen and oxygen atoms in total. The Morgan fingerprint density at radius 2 is 1.52 bits per heavy atom. The number of carbonyl (C=O) groups is 2. The van der Waals surface area contributed by atoms with Crippen molar-refractivity contribution in [3.63, 3.8) is 0 Å². The average Bonchev–Trinajstić information content (AvgIpc) is 3.20. The van der Waals surface area contributed by atoms with E-state index in [1.165, 1.54) is 0 Å². The van der Waals surface area contributed by atoms with Crippen molar-refractivity contribution in [1.82, 2.24) is 14.7 Å². The molecule has 1 saturated heterocycles. The molecule has 1 amide bonds. The summed E-state index contributed by atoms with van der Waals surface area (Å²) in [6.07, 6.45) is 0. The molecule has 0 radical (unpaired) electrons. The van der Waals surface area contributed by atoms with Crippen molar-refractivity contribution in [3.8, 4) is 11.4 Å². The minimum Gasteiger partial charge on any atom is -0.497 e. The molecule has 0 spiro atoms. The second kappa shape index (κ2) is 8.63. The predicted octanol–water partition coefficient (Wildman–Crippen LogP) is 3.35. The molecule has 0 saturated carbocycles. The van der Waals surface area contributed by atoms with Gasteiger partial charge in [0.1, 0.15) is 11.4 Å². The minimum absolute atomic E-state index is 0.0250. The number of carbonyl (C=O) groups excluding carboxylic acids is 2. The van der Waals surface area contributed by atoms with E-state index in [0.717, 1.165) is 35.9 Å². The summed E-state index contributed by atoms with van der Waals surface area (Å²) in [4.78, 5) is 28.9. The summed E-state index contributed by atoms with van der Waals surface area (Å²) in [5.74, 6) is 0.793. The topological polar surface area (TPSA) is 67.7 Å². The highest BCUT2D eigenvalue weighted by molar-refractivity contribution is 5.94. The lowest BCUT2D eigenvalue weighted by atomic mass is 10.1. The molecule has 2 aromatic carbocycles. The first-order valence-electron chi connectivity index (χ1n) is 10.3. The Hall–Kier alpha value is -3.61. The molecule has 0 unspecified atom stereocenters. The van der Waals surface area contributed by atoms with Gasteiger partial charge < -0.3 is 14.5 Å². The van der Waals surface area contributed by atoms with Gasteiger partial charge in [0.2, 0.25) is 0 Å². The Kier molecular flexibility index (Phi) is 5.75. The first kappa shape index (κ1) is 20.7. The number of anilines is 1. The Bertz CT molecular complexity index is 1080. The summed E-state index contributed by atoms with van der Waals surface area (Å²) in [7, 11) is 1.62. The third-order valence-corrected chi connectivity index (χ3v) is 5.57. The van der Waals surface area contributed by atoms with Gasteiger partial charge in [0.15, 0.2) is 5.78 Å². The van der Waals surface area contributed by atoms with Crippen LogP contribution in [0.2, 0.25) is 0 Å². The summed E-state index contributed by atoms with van der Waals surface area (Å²) >= 11 is 0.